The lowest BCUT2D eigenvalue weighted by atomic mass is 9.91. The van der Waals surface area contributed by atoms with Gasteiger partial charge < -0.3 is 20.1 Å². The molecule has 0 bridgehead atoms. The molecule has 1 aliphatic heterocycles. The molecule has 0 spiro atoms. The second-order valence-corrected chi connectivity index (χ2v) is 11.1. The Morgan fingerprint density at radius 2 is 2.00 bits per heavy atom. The molecule has 13 heteroatoms. The van der Waals surface area contributed by atoms with Crippen LogP contribution < -0.4 is 20.1 Å². The number of carbonyl (C=O) groups is 2. The number of amides is 2. The van der Waals surface area contributed by atoms with E-state index < -0.39 is 34.0 Å². The molecule has 1 saturated heterocycles. The Labute approximate surface area is 232 Å². The Bertz CT molecular complexity index is 1490. The van der Waals surface area contributed by atoms with Crippen molar-refractivity contribution in [3.8, 4) is 5.75 Å². The van der Waals surface area contributed by atoms with E-state index in [4.69, 9.17) is 9.47 Å². The van der Waals surface area contributed by atoms with E-state index in [9.17, 15) is 18.0 Å². The number of fused-ring (bicyclic) bond motifs is 1. The summed E-state index contributed by atoms with van der Waals surface area (Å²) >= 11 is 0. The maximum Gasteiger partial charge on any atom is 0.407 e. The van der Waals surface area contributed by atoms with E-state index in [0.717, 1.165) is 28.4 Å². The van der Waals surface area contributed by atoms with E-state index >= 15 is 0 Å². The summed E-state index contributed by atoms with van der Waals surface area (Å²) in [6.07, 6.45) is 3.54. The fourth-order valence-corrected chi connectivity index (χ4v) is 5.19. The molecule has 12 nitrogen and oxygen atoms in total. The first-order chi connectivity index (χ1) is 19.2. The largest absolute Gasteiger partial charge is 0.497 e. The van der Waals surface area contributed by atoms with Gasteiger partial charge in [-0.3, -0.25) is 14.4 Å². The lowest BCUT2D eigenvalue weighted by Crippen LogP contribution is -2.56. The first-order valence-electron chi connectivity index (χ1n) is 12.6. The lowest BCUT2D eigenvalue weighted by Gasteiger charge is -2.37. The van der Waals surface area contributed by atoms with Crippen LogP contribution in [0.1, 0.15) is 12.0 Å². The molecule has 3 aromatic rings. The molecule has 40 heavy (non-hydrogen) atoms. The second kappa shape index (κ2) is 12.7. The minimum atomic E-state index is -3.79. The number of carbonyl (C=O) groups excluding carboxylic acids is 2. The minimum absolute atomic E-state index is 0.0141. The van der Waals surface area contributed by atoms with Gasteiger partial charge in [-0.25, -0.2) is 23.2 Å². The highest BCUT2D eigenvalue weighted by Crippen LogP contribution is 2.30. The quantitative estimate of drug-likeness (QED) is 0.311. The summed E-state index contributed by atoms with van der Waals surface area (Å²) in [7, 11) is -2.19. The molecule has 2 atom stereocenters. The molecule has 0 aliphatic carbocycles. The number of likely N-dealkylation sites (tertiary alicyclic amines) is 1. The number of hydrogen-bond donors (Lipinski definition) is 3. The van der Waals surface area contributed by atoms with Crippen molar-refractivity contribution in [1.29, 1.82) is 0 Å². The summed E-state index contributed by atoms with van der Waals surface area (Å²) < 4.78 is 36.0. The van der Waals surface area contributed by atoms with Crippen molar-refractivity contribution in [3.63, 3.8) is 0 Å². The average molecular weight is 569 g/mol. The van der Waals surface area contributed by atoms with Gasteiger partial charge in [-0.05, 0) is 30.2 Å². The van der Waals surface area contributed by atoms with Gasteiger partial charge in [0.15, 0.2) is 0 Å². The van der Waals surface area contributed by atoms with Crippen LogP contribution >= 0.6 is 0 Å². The molecule has 0 unspecified atom stereocenters. The third-order valence-electron chi connectivity index (χ3n) is 6.43. The summed E-state index contributed by atoms with van der Waals surface area (Å²) in [5.41, 5.74) is 2.45. The molecule has 4 rings (SSSR count). The third kappa shape index (κ3) is 7.45. The van der Waals surface area contributed by atoms with Crippen molar-refractivity contribution in [1.82, 2.24) is 24.9 Å². The van der Waals surface area contributed by atoms with Crippen molar-refractivity contribution in [2.45, 2.75) is 19.0 Å². The predicted molar refractivity (Wildman–Crippen MR) is 151 cm³/mol. The van der Waals surface area contributed by atoms with E-state index in [0.29, 0.717) is 31.1 Å². The summed E-state index contributed by atoms with van der Waals surface area (Å²) in [6, 6.07) is 12.6. The first kappa shape index (κ1) is 28.8. The zero-order chi connectivity index (χ0) is 28.7. The average Bonchev–Trinajstić information content (AvgIpc) is 2.92. The van der Waals surface area contributed by atoms with E-state index in [1.165, 1.54) is 12.4 Å². The Kier molecular flexibility index (Phi) is 9.17. The highest BCUT2D eigenvalue weighted by atomic mass is 32.2. The highest BCUT2D eigenvalue weighted by Gasteiger charge is 2.37. The van der Waals surface area contributed by atoms with Crippen LogP contribution in [0, 0.1) is 5.92 Å². The van der Waals surface area contributed by atoms with Gasteiger partial charge in [-0.15, -0.1) is 0 Å². The molecule has 2 aromatic carbocycles. The predicted octanol–water partition coefficient (Wildman–Crippen LogP) is 2.56. The Hall–Kier alpha value is -4.23. The Morgan fingerprint density at radius 1 is 1.20 bits per heavy atom. The number of alkyl carbamates (subject to hydrolysis) is 1. The number of hydrogen-bond acceptors (Lipinski definition) is 10. The molecule has 1 aromatic heterocycles. The Morgan fingerprint density at radius 3 is 2.75 bits per heavy atom. The van der Waals surface area contributed by atoms with Gasteiger partial charge in [0.2, 0.25) is 15.9 Å². The van der Waals surface area contributed by atoms with Gasteiger partial charge in [0, 0.05) is 42.8 Å². The minimum Gasteiger partial charge on any atom is -0.497 e. The van der Waals surface area contributed by atoms with Gasteiger partial charge in [0.05, 0.1) is 24.8 Å². The SMILES string of the molecule is C=CCOC(=O)N[C@@H]1CCN(Cc2cccc3ncnc(Nc4cccc(OC)c4)c23)C[C@H]1C(=O)NS(C)(=O)=O. The van der Waals surface area contributed by atoms with Crippen LogP contribution in [0.2, 0.25) is 0 Å². The summed E-state index contributed by atoms with van der Waals surface area (Å²) in [6.45, 7) is 4.71. The molecule has 212 valence electrons. The molecular weight excluding hydrogens is 536 g/mol. The summed E-state index contributed by atoms with van der Waals surface area (Å²) in [5.74, 6) is -0.211. The molecule has 3 N–H and O–H groups in total. The van der Waals surface area contributed by atoms with Crippen molar-refractivity contribution in [3.05, 3.63) is 67.0 Å². The molecule has 1 aliphatic rings. The van der Waals surface area contributed by atoms with Gasteiger partial charge in [-0.1, -0.05) is 30.9 Å². The number of nitrogens with zero attached hydrogens (tertiary/aromatic N) is 3. The summed E-state index contributed by atoms with van der Waals surface area (Å²) in [5, 5.41) is 6.87. The van der Waals surface area contributed by atoms with E-state index in [1.54, 1.807) is 7.11 Å². The maximum absolute atomic E-state index is 13.0. The molecule has 0 saturated carbocycles. The fourth-order valence-electron chi connectivity index (χ4n) is 4.67. The second-order valence-electron chi connectivity index (χ2n) is 9.40. The lowest BCUT2D eigenvalue weighted by molar-refractivity contribution is -0.125. The number of nitrogens with one attached hydrogen (secondary N) is 3. The number of ether oxygens (including phenoxy) is 2. The standard InChI is InChI=1S/C27H32N6O6S/c1-4-13-39-27(35)31-22-11-12-33(16-21(22)26(34)32-40(3,36)37)15-18-7-5-10-23-24(18)25(29-17-28-23)30-19-8-6-9-20(14-19)38-2/h4-10,14,17,21-22H,1,11-13,15-16H2,2-3H3,(H,31,35)(H,32,34)(H,28,29,30)/t21-,22-/m1/s1. The number of benzene rings is 2. The number of anilines is 2. The van der Waals surface area contributed by atoms with Crippen LogP contribution in [-0.4, -0.2) is 74.4 Å². The molecule has 0 radical (unpaired) electrons. The monoisotopic (exact) mass is 568 g/mol. The van der Waals surface area contributed by atoms with Crippen LogP contribution in [0.15, 0.2) is 61.4 Å². The number of piperidine rings is 1. The number of sulfonamides is 1. The maximum atomic E-state index is 13.0. The summed E-state index contributed by atoms with van der Waals surface area (Å²) in [4.78, 5) is 36.1. The van der Waals surface area contributed by atoms with Gasteiger partial charge in [0.1, 0.15) is 24.5 Å². The third-order valence-corrected chi connectivity index (χ3v) is 7.00. The smallest absolute Gasteiger partial charge is 0.407 e. The van der Waals surface area contributed by atoms with Crippen LogP contribution in [0.5, 0.6) is 5.75 Å². The van der Waals surface area contributed by atoms with Crippen LogP contribution in [0.3, 0.4) is 0 Å². The number of methoxy groups -OCH3 is 1. The molecule has 2 amide bonds. The molecular formula is C27H32N6O6S. The van der Waals surface area contributed by atoms with E-state index in [2.05, 4.69) is 31.9 Å². The van der Waals surface area contributed by atoms with Gasteiger partial charge in [0.25, 0.3) is 0 Å². The number of aromatic nitrogens is 2. The van der Waals surface area contributed by atoms with Crippen molar-refractivity contribution in [2.24, 2.45) is 5.92 Å². The van der Waals surface area contributed by atoms with Crippen LogP contribution in [0.4, 0.5) is 16.3 Å². The fraction of sp³-hybridized carbons (Fsp3) is 0.333. The topological polar surface area (TPSA) is 152 Å². The molecule has 2 heterocycles. The van der Waals surface area contributed by atoms with Crippen molar-refractivity contribution < 1.29 is 27.5 Å². The highest BCUT2D eigenvalue weighted by molar-refractivity contribution is 7.89. The van der Waals surface area contributed by atoms with E-state index in [-0.39, 0.29) is 13.2 Å². The van der Waals surface area contributed by atoms with Crippen LogP contribution in [-0.2, 0) is 26.1 Å². The van der Waals surface area contributed by atoms with Crippen molar-refractivity contribution >= 4 is 44.4 Å². The zero-order valence-electron chi connectivity index (χ0n) is 22.3. The van der Waals surface area contributed by atoms with Gasteiger partial charge >= 0.3 is 6.09 Å². The Balaban J connectivity index is 1.58. The molecule has 1 fully saturated rings. The normalized spacial score (nSPS) is 17.6. The first-order valence-corrected chi connectivity index (χ1v) is 14.5. The zero-order valence-corrected chi connectivity index (χ0v) is 23.1. The van der Waals surface area contributed by atoms with E-state index in [1.807, 2.05) is 47.4 Å². The van der Waals surface area contributed by atoms with Gasteiger partial charge in [-0.2, -0.15) is 0 Å². The number of rotatable bonds is 10. The van der Waals surface area contributed by atoms with Crippen LogP contribution in [0.25, 0.3) is 10.9 Å². The van der Waals surface area contributed by atoms with Crippen molar-refractivity contribution in [2.75, 3.05) is 38.4 Å².